The number of allylic oxidation sites excluding steroid dienone is 2. The molecule has 1 atom stereocenters. The number of benzene rings is 3. The number of carbonyl (C=O) groups is 1. The van der Waals surface area contributed by atoms with Crippen molar-refractivity contribution in [3.63, 3.8) is 0 Å². The van der Waals surface area contributed by atoms with Gasteiger partial charge in [0.15, 0.2) is 5.78 Å². The molecule has 2 heteroatoms. The highest BCUT2D eigenvalue weighted by atomic mass is 16.1. The summed E-state index contributed by atoms with van der Waals surface area (Å²) in [5.74, 6) is 0.282. The van der Waals surface area contributed by atoms with Crippen LogP contribution in [0.3, 0.4) is 0 Å². The third-order valence-corrected chi connectivity index (χ3v) is 6.19. The van der Waals surface area contributed by atoms with E-state index in [4.69, 9.17) is 5.73 Å². The summed E-state index contributed by atoms with van der Waals surface area (Å²) in [6.45, 7) is 8.60. The van der Waals surface area contributed by atoms with E-state index in [2.05, 4.69) is 70.2 Å². The van der Waals surface area contributed by atoms with Crippen molar-refractivity contribution < 1.29 is 4.79 Å². The Labute approximate surface area is 173 Å². The van der Waals surface area contributed by atoms with Crippen LogP contribution >= 0.6 is 0 Å². The molecule has 0 saturated heterocycles. The lowest BCUT2D eigenvalue weighted by molar-refractivity contribution is -0.118. The molecule has 2 nitrogen and oxygen atoms in total. The monoisotopic (exact) mass is 383 g/mol. The second kappa shape index (κ2) is 7.18. The van der Waals surface area contributed by atoms with Gasteiger partial charge in [-0.15, -0.1) is 0 Å². The van der Waals surface area contributed by atoms with E-state index in [0.29, 0.717) is 6.42 Å². The van der Waals surface area contributed by atoms with E-state index in [1.165, 1.54) is 11.1 Å². The predicted octanol–water partition coefficient (Wildman–Crippen LogP) is 6.68. The fourth-order valence-corrected chi connectivity index (χ4v) is 4.71. The molecule has 3 aromatic rings. The number of hydrogen-bond donors (Lipinski definition) is 1. The molecule has 0 radical (unpaired) electrons. The summed E-state index contributed by atoms with van der Waals surface area (Å²) in [5.41, 5.74) is 12.7. The zero-order chi connectivity index (χ0) is 20.8. The van der Waals surface area contributed by atoms with Crippen LogP contribution in [0.1, 0.15) is 56.2 Å². The largest absolute Gasteiger partial charge is 0.398 e. The van der Waals surface area contributed by atoms with Gasteiger partial charge in [0.2, 0.25) is 0 Å². The molecule has 0 saturated carbocycles. The molecule has 148 valence electrons. The third kappa shape index (κ3) is 3.60. The highest BCUT2D eigenvalue weighted by molar-refractivity contribution is 6.10. The van der Waals surface area contributed by atoms with Crippen LogP contribution in [0.25, 0.3) is 16.3 Å². The van der Waals surface area contributed by atoms with Gasteiger partial charge in [-0.1, -0.05) is 80.9 Å². The first-order valence-corrected chi connectivity index (χ1v) is 10.4. The Morgan fingerprint density at radius 1 is 0.931 bits per heavy atom. The maximum atomic E-state index is 13.4. The van der Waals surface area contributed by atoms with Crippen LogP contribution in [0.4, 0.5) is 5.69 Å². The van der Waals surface area contributed by atoms with Gasteiger partial charge in [-0.3, -0.25) is 4.79 Å². The molecule has 0 unspecified atom stereocenters. The van der Waals surface area contributed by atoms with Crippen LogP contribution in [0.15, 0.2) is 66.2 Å². The van der Waals surface area contributed by atoms with Crippen LogP contribution in [0, 0.1) is 12.3 Å². The van der Waals surface area contributed by atoms with Crippen molar-refractivity contribution in [3.05, 3.63) is 82.9 Å². The molecule has 0 heterocycles. The van der Waals surface area contributed by atoms with Gasteiger partial charge in [0.25, 0.3) is 0 Å². The van der Waals surface area contributed by atoms with Gasteiger partial charge < -0.3 is 5.73 Å². The van der Waals surface area contributed by atoms with Crippen molar-refractivity contribution in [1.82, 2.24) is 0 Å². The van der Waals surface area contributed by atoms with Gasteiger partial charge in [0.05, 0.1) is 0 Å². The zero-order valence-electron chi connectivity index (χ0n) is 17.8. The summed E-state index contributed by atoms with van der Waals surface area (Å²) in [4.78, 5) is 13.4. The van der Waals surface area contributed by atoms with Crippen LogP contribution in [-0.2, 0) is 4.79 Å². The Bertz CT molecular complexity index is 1120. The SMILES string of the molecule is Cc1ccc([C@H](C)C2=C(c3c(N)ccc4ccccc34)CC(C)(C)CC2=O)cc1. The maximum Gasteiger partial charge on any atom is 0.160 e. The summed E-state index contributed by atoms with van der Waals surface area (Å²) < 4.78 is 0. The zero-order valence-corrected chi connectivity index (χ0v) is 17.8. The summed E-state index contributed by atoms with van der Waals surface area (Å²) in [6, 6.07) is 20.9. The second-order valence-corrected chi connectivity index (χ2v) is 9.22. The number of ketones is 1. The Morgan fingerprint density at radius 3 is 2.34 bits per heavy atom. The molecule has 1 aliphatic carbocycles. The van der Waals surface area contributed by atoms with Gasteiger partial charge >= 0.3 is 0 Å². The standard InChI is InChI=1S/C27H29NO/c1-17-9-11-19(12-10-17)18(2)25-22(15-27(3,4)16-24(25)29)26-21-8-6-5-7-20(21)13-14-23(26)28/h5-14,18H,15-16,28H2,1-4H3/t18-/m0/s1. The van der Waals surface area contributed by atoms with Gasteiger partial charge in [0.1, 0.15) is 0 Å². The smallest absolute Gasteiger partial charge is 0.160 e. The lowest BCUT2D eigenvalue weighted by Crippen LogP contribution is -2.27. The lowest BCUT2D eigenvalue weighted by atomic mass is 9.68. The fraction of sp³-hybridized carbons (Fsp3) is 0.296. The molecule has 0 aromatic heterocycles. The molecule has 0 amide bonds. The number of fused-ring (bicyclic) bond motifs is 1. The average Bonchev–Trinajstić information content (AvgIpc) is 2.67. The summed E-state index contributed by atoms with van der Waals surface area (Å²) in [7, 11) is 0. The van der Waals surface area contributed by atoms with E-state index in [0.717, 1.165) is 39.6 Å². The van der Waals surface area contributed by atoms with Gasteiger partial charge in [0, 0.05) is 29.2 Å². The first-order valence-electron chi connectivity index (χ1n) is 10.4. The number of hydrogen-bond acceptors (Lipinski definition) is 2. The molecule has 0 bridgehead atoms. The second-order valence-electron chi connectivity index (χ2n) is 9.22. The van der Waals surface area contributed by atoms with Gasteiger partial charge in [-0.05, 0) is 46.7 Å². The fourth-order valence-electron chi connectivity index (χ4n) is 4.71. The maximum absolute atomic E-state index is 13.4. The van der Waals surface area contributed by atoms with Crippen LogP contribution < -0.4 is 5.73 Å². The molecule has 0 aliphatic heterocycles. The number of Topliss-reactive ketones (excluding diaryl/α,β-unsaturated/α-hetero) is 1. The van der Waals surface area contributed by atoms with E-state index in [1.54, 1.807) is 0 Å². The molecule has 0 spiro atoms. The number of carbonyl (C=O) groups excluding carboxylic acids is 1. The normalized spacial score (nSPS) is 17.6. The van der Waals surface area contributed by atoms with Crippen LogP contribution in [-0.4, -0.2) is 5.78 Å². The molecule has 0 fully saturated rings. The average molecular weight is 384 g/mol. The van der Waals surface area contributed by atoms with Crippen molar-refractivity contribution in [3.8, 4) is 0 Å². The first kappa shape index (κ1) is 19.4. The van der Waals surface area contributed by atoms with Crippen LogP contribution in [0.5, 0.6) is 0 Å². The predicted molar refractivity (Wildman–Crippen MR) is 123 cm³/mol. The minimum absolute atomic E-state index is 0.0348. The number of rotatable bonds is 3. The molecule has 29 heavy (non-hydrogen) atoms. The van der Waals surface area contributed by atoms with Crippen molar-refractivity contribution in [1.29, 1.82) is 0 Å². The highest BCUT2D eigenvalue weighted by Crippen LogP contribution is 2.48. The van der Waals surface area contributed by atoms with Crippen molar-refractivity contribution in [2.24, 2.45) is 5.41 Å². The Kier molecular flexibility index (Phi) is 4.82. The van der Waals surface area contributed by atoms with E-state index in [-0.39, 0.29) is 17.1 Å². The lowest BCUT2D eigenvalue weighted by Gasteiger charge is -2.35. The van der Waals surface area contributed by atoms with E-state index in [1.807, 2.05) is 18.2 Å². The molecule has 4 rings (SSSR count). The minimum Gasteiger partial charge on any atom is -0.398 e. The van der Waals surface area contributed by atoms with E-state index >= 15 is 0 Å². The van der Waals surface area contributed by atoms with Crippen molar-refractivity contribution in [2.45, 2.75) is 46.5 Å². The number of nitrogen functional groups attached to an aromatic ring is 1. The summed E-state index contributed by atoms with van der Waals surface area (Å²) in [5, 5.41) is 2.28. The summed E-state index contributed by atoms with van der Waals surface area (Å²) in [6.07, 6.45) is 1.43. The van der Waals surface area contributed by atoms with E-state index < -0.39 is 0 Å². The van der Waals surface area contributed by atoms with E-state index in [9.17, 15) is 4.79 Å². The van der Waals surface area contributed by atoms with Crippen molar-refractivity contribution in [2.75, 3.05) is 5.73 Å². The summed E-state index contributed by atoms with van der Waals surface area (Å²) >= 11 is 0. The Morgan fingerprint density at radius 2 is 1.62 bits per heavy atom. The highest BCUT2D eigenvalue weighted by Gasteiger charge is 2.36. The number of aryl methyl sites for hydroxylation is 1. The number of anilines is 1. The Balaban J connectivity index is 2.00. The number of nitrogens with two attached hydrogens (primary N) is 1. The third-order valence-electron chi connectivity index (χ3n) is 6.19. The molecule has 3 aromatic carbocycles. The molecular weight excluding hydrogens is 354 g/mol. The van der Waals surface area contributed by atoms with Crippen molar-refractivity contribution >= 4 is 27.8 Å². The van der Waals surface area contributed by atoms with Gasteiger partial charge in [-0.25, -0.2) is 0 Å². The molecule has 1 aliphatic rings. The van der Waals surface area contributed by atoms with Gasteiger partial charge in [-0.2, -0.15) is 0 Å². The first-order chi connectivity index (χ1) is 13.8. The minimum atomic E-state index is -0.0771. The van der Waals surface area contributed by atoms with Crippen LogP contribution in [0.2, 0.25) is 0 Å². The Hall–Kier alpha value is -2.87. The topological polar surface area (TPSA) is 43.1 Å². The molecular formula is C27H29NO. The quantitative estimate of drug-likeness (QED) is 0.513. The molecule has 2 N–H and O–H groups in total.